The van der Waals surface area contributed by atoms with Gasteiger partial charge in [-0.25, -0.2) is 0 Å². The molecule has 3 aliphatic rings. The molecular formula is C18H26N2O. The van der Waals surface area contributed by atoms with Crippen LogP contribution >= 0.6 is 0 Å². The van der Waals surface area contributed by atoms with Crippen molar-refractivity contribution in [2.75, 3.05) is 26.2 Å². The van der Waals surface area contributed by atoms with Crippen molar-refractivity contribution in [2.24, 2.45) is 0 Å². The number of benzene rings is 1. The Morgan fingerprint density at radius 3 is 3.00 bits per heavy atom. The summed E-state index contributed by atoms with van der Waals surface area (Å²) in [6, 6.07) is 10.4. The molecule has 0 amide bonds. The molecule has 114 valence electrons. The van der Waals surface area contributed by atoms with E-state index in [-0.39, 0.29) is 6.10 Å². The van der Waals surface area contributed by atoms with E-state index in [1.807, 2.05) is 0 Å². The summed E-state index contributed by atoms with van der Waals surface area (Å²) in [5, 5.41) is 3.70. The molecule has 3 heteroatoms. The molecule has 2 aliphatic heterocycles. The smallest absolute Gasteiger partial charge is 0.0954 e. The van der Waals surface area contributed by atoms with Crippen LogP contribution in [0, 0.1) is 0 Å². The van der Waals surface area contributed by atoms with Crippen LogP contribution in [0.1, 0.15) is 42.9 Å². The van der Waals surface area contributed by atoms with Crippen molar-refractivity contribution in [2.45, 2.75) is 50.3 Å². The van der Waals surface area contributed by atoms with E-state index in [2.05, 4.69) is 34.5 Å². The van der Waals surface area contributed by atoms with E-state index in [4.69, 9.17) is 4.74 Å². The molecule has 2 heterocycles. The van der Waals surface area contributed by atoms with Crippen LogP contribution < -0.4 is 5.32 Å². The molecule has 1 aliphatic carbocycles. The molecule has 0 radical (unpaired) electrons. The zero-order valence-electron chi connectivity index (χ0n) is 12.8. The Bertz CT molecular complexity index is 486. The van der Waals surface area contributed by atoms with Gasteiger partial charge >= 0.3 is 0 Å². The highest BCUT2D eigenvalue weighted by atomic mass is 16.5. The fourth-order valence-electron chi connectivity index (χ4n) is 3.80. The second-order valence-corrected chi connectivity index (χ2v) is 6.78. The van der Waals surface area contributed by atoms with Crippen molar-refractivity contribution in [1.82, 2.24) is 10.2 Å². The predicted molar refractivity (Wildman–Crippen MR) is 84.5 cm³/mol. The number of fused-ring (bicyclic) bond motifs is 1. The molecular weight excluding hydrogens is 260 g/mol. The lowest BCUT2D eigenvalue weighted by Crippen LogP contribution is -2.41. The molecule has 2 unspecified atom stereocenters. The number of nitrogens with zero attached hydrogens (tertiary/aromatic N) is 1. The highest BCUT2D eigenvalue weighted by molar-refractivity contribution is 5.31. The van der Waals surface area contributed by atoms with Gasteiger partial charge in [-0.15, -0.1) is 0 Å². The lowest BCUT2D eigenvalue weighted by Gasteiger charge is -2.32. The first-order valence-corrected chi connectivity index (χ1v) is 8.57. The van der Waals surface area contributed by atoms with Crippen LogP contribution in [0.3, 0.4) is 0 Å². The average molecular weight is 286 g/mol. The summed E-state index contributed by atoms with van der Waals surface area (Å²) in [6.45, 7) is 4.34. The highest BCUT2D eigenvalue weighted by Gasteiger charge is 2.31. The van der Waals surface area contributed by atoms with Gasteiger partial charge in [-0.2, -0.15) is 0 Å². The molecule has 1 saturated carbocycles. The Labute approximate surface area is 127 Å². The summed E-state index contributed by atoms with van der Waals surface area (Å²) in [7, 11) is 0. The molecule has 1 N–H and O–H groups in total. The zero-order chi connectivity index (χ0) is 14.1. The predicted octanol–water partition coefficient (Wildman–Crippen LogP) is 2.52. The zero-order valence-corrected chi connectivity index (χ0v) is 12.8. The minimum absolute atomic E-state index is 0.275. The number of hydrogen-bond acceptors (Lipinski definition) is 3. The Balaban J connectivity index is 1.40. The molecule has 3 nitrogen and oxygen atoms in total. The molecule has 21 heavy (non-hydrogen) atoms. The van der Waals surface area contributed by atoms with Gasteiger partial charge in [0, 0.05) is 25.2 Å². The molecule has 2 fully saturated rings. The lowest BCUT2D eigenvalue weighted by atomic mass is 9.97. The van der Waals surface area contributed by atoms with Gasteiger partial charge in [-0.1, -0.05) is 24.3 Å². The van der Waals surface area contributed by atoms with Crippen LogP contribution in [0.2, 0.25) is 0 Å². The van der Waals surface area contributed by atoms with E-state index in [9.17, 15) is 0 Å². The van der Waals surface area contributed by atoms with Crippen molar-refractivity contribution < 1.29 is 4.74 Å². The summed E-state index contributed by atoms with van der Waals surface area (Å²) in [6.07, 6.45) is 6.78. The fourth-order valence-corrected chi connectivity index (χ4v) is 3.80. The lowest BCUT2D eigenvalue weighted by molar-refractivity contribution is 0.0132. The summed E-state index contributed by atoms with van der Waals surface area (Å²) < 4.78 is 6.09. The summed E-state index contributed by atoms with van der Waals surface area (Å²) in [5.41, 5.74) is 2.91. The van der Waals surface area contributed by atoms with Crippen LogP contribution in [0.15, 0.2) is 24.3 Å². The first-order valence-electron chi connectivity index (χ1n) is 8.57. The third-order valence-electron chi connectivity index (χ3n) is 5.21. The molecule has 1 saturated heterocycles. The largest absolute Gasteiger partial charge is 0.372 e. The van der Waals surface area contributed by atoms with Gasteiger partial charge in [0.1, 0.15) is 0 Å². The first-order chi connectivity index (χ1) is 10.4. The number of ether oxygens (including phenoxy) is 1. The van der Waals surface area contributed by atoms with E-state index >= 15 is 0 Å². The van der Waals surface area contributed by atoms with Gasteiger partial charge in [-0.05, 0) is 49.8 Å². The first kappa shape index (κ1) is 13.7. The van der Waals surface area contributed by atoms with Crippen LogP contribution in [0.25, 0.3) is 0 Å². The van der Waals surface area contributed by atoms with Gasteiger partial charge in [-0.3, -0.25) is 4.90 Å². The molecule has 2 atom stereocenters. The Morgan fingerprint density at radius 2 is 2.10 bits per heavy atom. The molecule has 4 rings (SSSR count). The standard InChI is InChI=1S/C18H26N2O/c1-2-6-17-14(4-1)9-11-21-18(17)13-20-10-3-5-16(20)12-19-15-7-8-15/h1-2,4,6,15-16,18-19H,3,5,7-13H2. The van der Waals surface area contributed by atoms with Gasteiger partial charge in [0.2, 0.25) is 0 Å². The second kappa shape index (κ2) is 6.07. The highest BCUT2D eigenvalue weighted by Crippen LogP contribution is 2.30. The summed E-state index contributed by atoms with van der Waals surface area (Å²) in [5.74, 6) is 0. The maximum atomic E-state index is 6.09. The number of likely N-dealkylation sites (tertiary alicyclic amines) is 1. The Hall–Kier alpha value is -0.900. The van der Waals surface area contributed by atoms with Crippen LogP contribution in [-0.4, -0.2) is 43.2 Å². The van der Waals surface area contributed by atoms with Gasteiger partial charge in [0.15, 0.2) is 0 Å². The normalized spacial score (nSPS) is 29.5. The van der Waals surface area contributed by atoms with Crippen LogP contribution in [0.4, 0.5) is 0 Å². The van der Waals surface area contributed by atoms with E-state index in [0.29, 0.717) is 6.04 Å². The minimum atomic E-state index is 0.275. The molecule has 1 aromatic rings. The van der Waals surface area contributed by atoms with Crippen molar-refractivity contribution in [1.29, 1.82) is 0 Å². The van der Waals surface area contributed by atoms with Crippen molar-refractivity contribution >= 4 is 0 Å². The SMILES string of the molecule is c1ccc2c(c1)CCOC2CN1CCCC1CNC1CC1. The monoisotopic (exact) mass is 286 g/mol. The maximum absolute atomic E-state index is 6.09. The molecule has 1 aromatic carbocycles. The molecule has 0 spiro atoms. The van der Waals surface area contributed by atoms with Crippen molar-refractivity contribution in [3.05, 3.63) is 35.4 Å². The topological polar surface area (TPSA) is 24.5 Å². The van der Waals surface area contributed by atoms with E-state index in [0.717, 1.165) is 25.6 Å². The van der Waals surface area contributed by atoms with Crippen molar-refractivity contribution in [3.8, 4) is 0 Å². The summed E-state index contributed by atoms with van der Waals surface area (Å²) >= 11 is 0. The molecule has 0 bridgehead atoms. The third kappa shape index (κ3) is 3.15. The average Bonchev–Trinajstić information content (AvgIpc) is 3.25. The van der Waals surface area contributed by atoms with Crippen LogP contribution in [0.5, 0.6) is 0 Å². The number of hydrogen-bond donors (Lipinski definition) is 1. The van der Waals surface area contributed by atoms with E-state index in [1.54, 1.807) is 0 Å². The van der Waals surface area contributed by atoms with Crippen LogP contribution in [-0.2, 0) is 11.2 Å². The maximum Gasteiger partial charge on any atom is 0.0954 e. The minimum Gasteiger partial charge on any atom is -0.372 e. The van der Waals surface area contributed by atoms with E-state index < -0.39 is 0 Å². The van der Waals surface area contributed by atoms with Gasteiger partial charge in [0.25, 0.3) is 0 Å². The van der Waals surface area contributed by atoms with Gasteiger partial charge in [0.05, 0.1) is 12.7 Å². The third-order valence-corrected chi connectivity index (χ3v) is 5.21. The molecule has 0 aromatic heterocycles. The van der Waals surface area contributed by atoms with Crippen molar-refractivity contribution in [3.63, 3.8) is 0 Å². The fraction of sp³-hybridized carbons (Fsp3) is 0.667. The number of nitrogens with one attached hydrogen (secondary N) is 1. The number of rotatable bonds is 5. The second-order valence-electron chi connectivity index (χ2n) is 6.78. The van der Waals surface area contributed by atoms with Gasteiger partial charge < -0.3 is 10.1 Å². The summed E-state index contributed by atoms with van der Waals surface area (Å²) in [4.78, 5) is 2.65. The quantitative estimate of drug-likeness (QED) is 0.900. The van der Waals surface area contributed by atoms with E-state index in [1.165, 1.54) is 49.9 Å². The Morgan fingerprint density at radius 1 is 1.19 bits per heavy atom. The Kier molecular flexibility index (Phi) is 3.97.